The number of hydrogen-bond acceptors (Lipinski definition) is 3. The third-order valence-corrected chi connectivity index (χ3v) is 3.73. The van der Waals surface area contributed by atoms with Crippen molar-refractivity contribution in [3.8, 4) is 0 Å². The maximum atomic E-state index is 12.7. The van der Waals surface area contributed by atoms with Gasteiger partial charge in [0.1, 0.15) is 12.1 Å². The minimum Gasteiger partial charge on any atom is -0.353 e. The van der Waals surface area contributed by atoms with Gasteiger partial charge in [0.2, 0.25) is 5.91 Å². The number of carbonyl (C=O) groups excluding carboxylic acids is 2. The van der Waals surface area contributed by atoms with Crippen LogP contribution in [0.5, 0.6) is 0 Å². The molecule has 1 aromatic carbocycles. The number of pyridine rings is 1. The Morgan fingerprint density at radius 3 is 2.30 bits per heavy atom. The van der Waals surface area contributed by atoms with Crippen LogP contribution in [0.15, 0.2) is 47.4 Å². The molecule has 0 fully saturated rings. The third-order valence-electron chi connectivity index (χ3n) is 3.48. The van der Waals surface area contributed by atoms with Crippen molar-refractivity contribution in [2.24, 2.45) is 0 Å². The number of aromatic nitrogens is 1. The molecule has 2 N–H and O–H groups in total. The summed E-state index contributed by atoms with van der Waals surface area (Å²) in [7, 11) is 0. The van der Waals surface area contributed by atoms with Crippen LogP contribution >= 0.6 is 11.6 Å². The summed E-state index contributed by atoms with van der Waals surface area (Å²) in [4.78, 5) is 35.4. The highest BCUT2D eigenvalue weighted by molar-refractivity contribution is 6.30. The molecule has 27 heavy (non-hydrogen) atoms. The van der Waals surface area contributed by atoms with E-state index in [1.54, 1.807) is 12.1 Å². The van der Waals surface area contributed by atoms with Gasteiger partial charge in [-0.2, -0.15) is 13.2 Å². The summed E-state index contributed by atoms with van der Waals surface area (Å²) in [6.07, 6.45) is -3.69. The summed E-state index contributed by atoms with van der Waals surface area (Å²) in [5.41, 5.74) is -2.24. The summed E-state index contributed by atoms with van der Waals surface area (Å²) in [6.45, 7) is -0.412. The molecule has 0 atom stereocenters. The van der Waals surface area contributed by atoms with Crippen LogP contribution in [0.3, 0.4) is 0 Å². The fourth-order valence-corrected chi connectivity index (χ4v) is 2.29. The molecule has 0 aliphatic heterocycles. The second-order valence-electron chi connectivity index (χ2n) is 5.47. The lowest BCUT2D eigenvalue weighted by molar-refractivity contribution is -0.139. The molecule has 2 amide bonds. The minimum absolute atomic E-state index is 0.0475. The monoisotopic (exact) mass is 401 g/mol. The number of benzene rings is 1. The molecule has 2 aromatic rings. The normalized spacial score (nSPS) is 11.1. The zero-order valence-corrected chi connectivity index (χ0v) is 14.6. The predicted molar refractivity (Wildman–Crippen MR) is 92.5 cm³/mol. The molecule has 0 unspecified atom stereocenters. The number of amides is 2. The molecule has 0 saturated carbocycles. The van der Waals surface area contributed by atoms with E-state index in [2.05, 4.69) is 10.6 Å². The number of nitrogens with one attached hydrogen (secondary N) is 2. The first-order valence-electron chi connectivity index (χ1n) is 7.75. The highest BCUT2D eigenvalue weighted by Gasteiger charge is 2.34. The van der Waals surface area contributed by atoms with Gasteiger partial charge in [-0.3, -0.25) is 14.4 Å². The van der Waals surface area contributed by atoms with Gasteiger partial charge in [-0.25, -0.2) is 0 Å². The van der Waals surface area contributed by atoms with Gasteiger partial charge >= 0.3 is 6.18 Å². The zero-order valence-electron chi connectivity index (χ0n) is 13.8. The number of halogens is 4. The highest BCUT2D eigenvalue weighted by atomic mass is 35.5. The van der Waals surface area contributed by atoms with Gasteiger partial charge in [-0.15, -0.1) is 0 Å². The third kappa shape index (κ3) is 5.85. The van der Waals surface area contributed by atoms with E-state index in [1.165, 1.54) is 12.1 Å². The zero-order chi connectivity index (χ0) is 20.0. The fourth-order valence-electron chi connectivity index (χ4n) is 2.17. The van der Waals surface area contributed by atoms with Gasteiger partial charge in [0.25, 0.3) is 11.5 Å². The molecular formula is C17H15ClF3N3O3. The minimum atomic E-state index is -4.79. The van der Waals surface area contributed by atoms with Gasteiger partial charge < -0.3 is 15.2 Å². The molecule has 2 rings (SSSR count). The first-order chi connectivity index (χ1) is 12.7. The molecule has 144 valence electrons. The van der Waals surface area contributed by atoms with Crippen LogP contribution in [0.4, 0.5) is 13.2 Å². The summed E-state index contributed by atoms with van der Waals surface area (Å²) in [5, 5.41) is 5.47. The van der Waals surface area contributed by atoms with Crippen LogP contribution in [0.2, 0.25) is 5.02 Å². The lowest BCUT2D eigenvalue weighted by Gasteiger charge is -2.11. The highest BCUT2D eigenvalue weighted by Crippen LogP contribution is 2.25. The van der Waals surface area contributed by atoms with Crippen LogP contribution in [0.1, 0.15) is 15.9 Å². The first kappa shape index (κ1) is 20.5. The quantitative estimate of drug-likeness (QED) is 0.727. The summed E-state index contributed by atoms with van der Waals surface area (Å²) in [5.74, 6) is -1.02. The Morgan fingerprint density at radius 1 is 1.04 bits per heavy atom. The largest absolute Gasteiger partial charge is 0.421 e. The number of carbonyl (C=O) groups is 2. The van der Waals surface area contributed by atoms with Gasteiger partial charge in [0.05, 0.1) is 0 Å². The van der Waals surface area contributed by atoms with Crippen LogP contribution in [0, 0.1) is 0 Å². The number of alkyl halides is 3. The topological polar surface area (TPSA) is 80.2 Å². The van der Waals surface area contributed by atoms with E-state index in [1.807, 2.05) is 0 Å². The van der Waals surface area contributed by atoms with E-state index in [4.69, 9.17) is 11.6 Å². The smallest absolute Gasteiger partial charge is 0.353 e. The fraction of sp³-hybridized carbons (Fsp3) is 0.235. The number of nitrogens with zero attached hydrogens (tertiary/aromatic N) is 1. The molecule has 0 aliphatic carbocycles. The lowest BCUT2D eigenvalue weighted by Crippen LogP contribution is -2.38. The first-order valence-corrected chi connectivity index (χ1v) is 8.13. The molecule has 0 aliphatic rings. The Labute approximate surface area is 156 Å². The van der Waals surface area contributed by atoms with E-state index in [0.717, 1.165) is 12.3 Å². The second-order valence-corrected chi connectivity index (χ2v) is 5.90. The summed E-state index contributed by atoms with van der Waals surface area (Å²) in [6, 6.07) is 7.90. The van der Waals surface area contributed by atoms with Gasteiger partial charge in [-0.1, -0.05) is 11.6 Å². The van der Waals surface area contributed by atoms with Crippen molar-refractivity contribution in [2.45, 2.75) is 12.7 Å². The molecule has 0 bridgehead atoms. The van der Waals surface area contributed by atoms with Crippen LogP contribution in [0.25, 0.3) is 0 Å². The van der Waals surface area contributed by atoms with Gasteiger partial charge in [-0.05, 0) is 36.4 Å². The van der Waals surface area contributed by atoms with Crippen LogP contribution in [-0.2, 0) is 17.5 Å². The van der Waals surface area contributed by atoms with Crippen molar-refractivity contribution in [3.63, 3.8) is 0 Å². The Kier molecular flexibility index (Phi) is 6.62. The molecule has 6 nitrogen and oxygen atoms in total. The van der Waals surface area contributed by atoms with E-state index in [-0.39, 0.29) is 19.0 Å². The Morgan fingerprint density at radius 2 is 1.67 bits per heavy atom. The Hall–Kier alpha value is -2.81. The molecule has 0 saturated heterocycles. The number of rotatable bonds is 6. The lowest BCUT2D eigenvalue weighted by atomic mass is 10.2. The molecule has 10 heteroatoms. The van der Waals surface area contributed by atoms with E-state index < -0.39 is 29.8 Å². The van der Waals surface area contributed by atoms with E-state index in [9.17, 15) is 27.6 Å². The van der Waals surface area contributed by atoms with Crippen molar-refractivity contribution in [3.05, 3.63) is 69.1 Å². The van der Waals surface area contributed by atoms with Crippen molar-refractivity contribution in [1.82, 2.24) is 15.2 Å². The van der Waals surface area contributed by atoms with E-state index >= 15 is 0 Å². The average molecular weight is 402 g/mol. The van der Waals surface area contributed by atoms with E-state index in [0.29, 0.717) is 21.2 Å². The summed E-state index contributed by atoms with van der Waals surface area (Å²) < 4.78 is 38.7. The molecule has 0 spiro atoms. The molecule has 1 heterocycles. The van der Waals surface area contributed by atoms with Crippen molar-refractivity contribution in [2.75, 3.05) is 13.1 Å². The Balaban J connectivity index is 1.82. The summed E-state index contributed by atoms with van der Waals surface area (Å²) >= 11 is 5.72. The Bertz CT molecular complexity index is 879. The van der Waals surface area contributed by atoms with Gasteiger partial charge in [0, 0.05) is 29.9 Å². The van der Waals surface area contributed by atoms with Crippen LogP contribution < -0.4 is 16.2 Å². The number of hydrogen-bond donors (Lipinski definition) is 2. The second kappa shape index (κ2) is 8.72. The molecular weight excluding hydrogens is 387 g/mol. The maximum absolute atomic E-state index is 12.7. The maximum Gasteiger partial charge on any atom is 0.421 e. The predicted octanol–water partition coefficient (Wildman–Crippen LogP) is 2.07. The molecule has 1 aromatic heterocycles. The SMILES string of the molecule is O=C(Cn1cccc(C(F)(F)F)c1=O)NCCNC(=O)c1ccc(Cl)cc1. The standard InChI is InChI=1S/C17H15ClF3N3O3/c18-12-5-3-11(4-6-12)15(26)23-8-7-22-14(25)10-24-9-1-2-13(16(24)27)17(19,20)21/h1-6,9H,7-8,10H2,(H,22,25)(H,23,26). The van der Waals surface area contributed by atoms with Crippen molar-refractivity contribution in [1.29, 1.82) is 0 Å². The average Bonchev–Trinajstić information content (AvgIpc) is 2.60. The van der Waals surface area contributed by atoms with Gasteiger partial charge in [0.15, 0.2) is 0 Å². The van der Waals surface area contributed by atoms with Crippen molar-refractivity contribution >= 4 is 23.4 Å². The molecule has 0 radical (unpaired) electrons. The van der Waals surface area contributed by atoms with Crippen LogP contribution in [-0.4, -0.2) is 29.5 Å². The van der Waals surface area contributed by atoms with Crippen molar-refractivity contribution < 1.29 is 22.8 Å².